The molecule has 0 aliphatic heterocycles. The van der Waals surface area contributed by atoms with Gasteiger partial charge in [-0.2, -0.15) is 0 Å². The maximum absolute atomic E-state index is 5.65. The zero-order chi connectivity index (χ0) is 16.4. The van der Waals surface area contributed by atoms with Crippen molar-refractivity contribution in [2.45, 2.75) is 6.54 Å². The summed E-state index contributed by atoms with van der Waals surface area (Å²) in [5.41, 5.74) is 9.77. The van der Waals surface area contributed by atoms with Crippen LogP contribution in [0.4, 0.5) is 0 Å². The van der Waals surface area contributed by atoms with Gasteiger partial charge in [0.15, 0.2) is 5.82 Å². The molecule has 0 radical (unpaired) electrons. The molecule has 1 heterocycles. The van der Waals surface area contributed by atoms with Crippen LogP contribution in [-0.4, -0.2) is 9.97 Å². The topological polar surface area (TPSA) is 51.8 Å². The van der Waals surface area contributed by atoms with E-state index in [-0.39, 0.29) is 0 Å². The van der Waals surface area contributed by atoms with Gasteiger partial charge in [0.1, 0.15) is 0 Å². The Morgan fingerprint density at radius 2 is 1.50 bits per heavy atom. The van der Waals surface area contributed by atoms with E-state index in [0.717, 1.165) is 28.2 Å². The van der Waals surface area contributed by atoms with Crippen molar-refractivity contribution in [3.05, 3.63) is 84.6 Å². The van der Waals surface area contributed by atoms with Crippen molar-refractivity contribution in [1.29, 1.82) is 0 Å². The van der Waals surface area contributed by atoms with Gasteiger partial charge in [-0.05, 0) is 28.5 Å². The summed E-state index contributed by atoms with van der Waals surface area (Å²) < 4.78 is 0. The third-order valence-corrected chi connectivity index (χ3v) is 4.15. The number of nitrogens with zero attached hydrogens (tertiary/aromatic N) is 2. The van der Waals surface area contributed by atoms with E-state index in [1.807, 2.05) is 36.5 Å². The van der Waals surface area contributed by atoms with Crippen LogP contribution in [-0.2, 0) is 6.54 Å². The highest BCUT2D eigenvalue weighted by Gasteiger charge is 2.05. The standard InChI is InChI=1S/C21H17N3/c22-14-15-5-7-17(8-6-15)21-23-12-11-20(24-21)19-10-9-16-3-1-2-4-18(16)13-19/h1-13H,14,22H2. The lowest BCUT2D eigenvalue weighted by Crippen LogP contribution is -1.96. The molecule has 0 spiro atoms. The molecule has 116 valence electrons. The predicted molar refractivity (Wildman–Crippen MR) is 98.3 cm³/mol. The van der Waals surface area contributed by atoms with Crippen molar-refractivity contribution in [3.8, 4) is 22.6 Å². The van der Waals surface area contributed by atoms with Crippen molar-refractivity contribution >= 4 is 10.8 Å². The third-order valence-electron chi connectivity index (χ3n) is 4.15. The molecule has 24 heavy (non-hydrogen) atoms. The first kappa shape index (κ1) is 14.5. The normalized spacial score (nSPS) is 10.9. The fourth-order valence-corrected chi connectivity index (χ4v) is 2.80. The summed E-state index contributed by atoms with van der Waals surface area (Å²) in [5, 5.41) is 2.44. The Balaban J connectivity index is 1.75. The summed E-state index contributed by atoms with van der Waals surface area (Å²) in [6.07, 6.45) is 1.81. The number of rotatable bonds is 3. The van der Waals surface area contributed by atoms with Gasteiger partial charge in [0.05, 0.1) is 5.69 Å². The number of fused-ring (bicyclic) bond motifs is 1. The maximum Gasteiger partial charge on any atom is 0.159 e. The third kappa shape index (κ3) is 2.77. The lowest BCUT2D eigenvalue weighted by molar-refractivity contribution is 1.07. The van der Waals surface area contributed by atoms with Gasteiger partial charge in [-0.1, -0.05) is 60.7 Å². The molecule has 1 aromatic heterocycles. The van der Waals surface area contributed by atoms with Gasteiger partial charge in [-0.15, -0.1) is 0 Å². The molecule has 0 unspecified atom stereocenters. The van der Waals surface area contributed by atoms with Crippen LogP contribution < -0.4 is 5.73 Å². The number of benzene rings is 3. The van der Waals surface area contributed by atoms with Crippen LogP contribution in [0.3, 0.4) is 0 Å². The number of hydrogen-bond acceptors (Lipinski definition) is 3. The van der Waals surface area contributed by atoms with Crippen LogP contribution in [0.2, 0.25) is 0 Å². The van der Waals surface area contributed by atoms with E-state index in [1.165, 1.54) is 10.8 Å². The van der Waals surface area contributed by atoms with E-state index < -0.39 is 0 Å². The maximum atomic E-state index is 5.65. The molecule has 0 atom stereocenters. The Morgan fingerprint density at radius 1 is 0.750 bits per heavy atom. The highest BCUT2D eigenvalue weighted by molar-refractivity contribution is 5.86. The van der Waals surface area contributed by atoms with Crippen molar-refractivity contribution in [2.24, 2.45) is 5.73 Å². The smallest absolute Gasteiger partial charge is 0.159 e. The molecule has 0 amide bonds. The van der Waals surface area contributed by atoms with E-state index in [2.05, 4.69) is 47.4 Å². The SMILES string of the molecule is NCc1ccc(-c2nccc(-c3ccc4ccccc4c3)n2)cc1. The van der Waals surface area contributed by atoms with Crippen molar-refractivity contribution in [3.63, 3.8) is 0 Å². The summed E-state index contributed by atoms with van der Waals surface area (Å²) in [6.45, 7) is 0.540. The second-order valence-electron chi connectivity index (χ2n) is 5.73. The van der Waals surface area contributed by atoms with E-state index in [0.29, 0.717) is 6.54 Å². The second-order valence-corrected chi connectivity index (χ2v) is 5.73. The molecular weight excluding hydrogens is 294 g/mol. The molecule has 2 N–H and O–H groups in total. The van der Waals surface area contributed by atoms with E-state index in [4.69, 9.17) is 10.7 Å². The van der Waals surface area contributed by atoms with Crippen LogP contribution >= 0.6 is 0 Å². The van der Waals surface area contributed by atoms with Crippen LogP contribution in [0.5, 0.6) is 0 Å². The Morgan fingerprint density at radius 3 is 2.29 bits per heavy atom. The van der Waals surface area contributed by atoms with Crippen LogP contribution in [0, 0.1) is 0 Å². The van der Waals surface area contributed by atoms with E-state index in [1.54, 1.807) is 0 Å². The van der Waals surface area contributed by atoms with Gasteiger partial charge in [-0.25, -0.2) is 9.97 Å². The van der Waals surface area contributed by atoms with Crippen LogP contribution in [0.25, 0.3) is 33.4 Å². The summed E-state index contributed by atoms with van der Waals surface area (Å²) >= 11 is 0. The minimum absolute atomic E-state index is 0.540. The zero-order valence-electron chi connectivity index (χ0n) is 13.2. The number of hydrogen-bond donors (Lipinski definition) is 1. The first-order chi connectivity index (χ1) is 11.8. The summed E-state index contributed by atoms with van der Waals surface area (Å²) in [6, 6.07) is 24.7. The molecule has 0 saturated carbocycles. The monoisotopic (exact) mass is 311 g/mol. The first-order valence-corrected chi connectivity index (χ1v) is 7.95. The minimum atomic E-state index is 0.540. The number of nitrogens with two attached hydrogens (primary N) is 1. The van der Waals surface area contributed by atoms with Crippen LogP contribution in [0.15, 0.2) is 79.0 Å². The van der Waals surface area contributed by atoms with Gasteiger partial charge >= 0.3 is 0 Å². The van der Waals surface area contributed by atoms with Gasteiger partial charge in [0.2, 0.25) is 0 Å². The van der Waals surface area contributed by atoms with Crippen molar-refractivity contribution in [1.82, 2.24) is 9.97 Å². The zero-order valence-corrected chi connectivity index (χ0v) is 13.2. The molecule has 3 aromatic carbocycles. The fraction of sp³-hybridized carbons (Fsp3) is 0.0476. The molecular formula is C21H17N3. The van der Waals surface area contributed by atoms with Gasteiger partial charge in [0, 0.05) is 23.9 Å². The summed E-state index contributed by atoms with van der Waals surface area (Å²) in [4.78, 5) is 9.14. The van der Waals surface area contributed by atoms with Crippen LogP contribution in [0.1, 0.15) is 5.56 Å². The highest BCUT2D eigenvalue weighted by atomic mass is 14.9. The molecule has 0 aliphatic carbocycles. The highest BCUT2D eigenvalue weighted by Crippen LogP contribution is 2.24. The second kappa shape index (κ2) is 6.22. The molecule has 4 rings (SSSR count). The van der Waals surface area contributed by atoms with Gasteiger partial charge < -0.3 is 5.73 Å². The Bertz CT molecular complexity index is 991. The largest absolute Gasteiger partial charge is 0.326 e. The van der Waals surface area contributed by atoms with Crippen molar-refractivity contribution in [2.75, 3.05) is 0 Å². The molecule has 0 bridgehead atoms. The Kier molecular flexibility index (Phi) is 3.77. The van der Waals surface area contributed by atoms with Crippen molar-refractivity contribution < 1.29 is 0 Å². The molecule has 0 aliphatic rings. The lowest BCUT2D eigenvalue weighted by atomic mass is 10.0. The Labute approximate surface area is 140 Å². The molecule has 0 fully saturated rings. The first-order valence-electron chi connectivity index (χ1n) is 7.95. The fourth-order valence-electron chi connectivity index (χ4n) is 2.80. The summed E-state index contributed by atoms with van der Waals surface area (Å²) in [5.74, 6) is 0.726. The molecule has 4 aromatic rings. The molecule has 3 heteroatoms. The van der Waals surface area contributed by atoms with E-state index >= 15 is 0 Å². The van der Waals surface area contributed by atoms with Gasteiger partial charge in [0.25, 0.3) is 0 Å². The van der Waals surface area contributed by atoms with Gasteiger partial charge in [-0.3, -0.25) is 0 Å². The summed E-state index contributed by atoms with van der Waals surface area (Å²) in [7, 11) is 0. The van der Waals surface area contributed by atoms with E-state index in [9.17, 15) is 0 Å². The average Bonchev–Trinajstić information content (AvgIpc) is 2.68. The predicted octanol–water partition coefficient (Wildman–Crippen LogP) is 4.42. The lowest BCUT2D eigenvalue weighted by Gasteiger charge is -2.06. The quantitative estimate of drug-likeness (QED) is 0.609. The molecule has 3 nitrogen and oxygen atoms in total. The minimum Gasteiger partial charge on any atom is -0.326 e. The average molecular weight is 311 g/mol. The Hall–Kier alpha value is -3.04. The number of aromatic nitrogens is 2. The molecule has 0 saturated heterocycles.